The molecular formula is C19H21IN2O3. The van der Waals surface area contributed by atoms with Crippen LogP contribution in [-0.4, -0.2) is 23.8 Å². The number of amides is 1. The summed E-state index contributed by atoms with van der Waals surface area (Å²) in [6.07, 6.45) is 2.60. The molecule has 0 spiro atoms. The molecule has 5 nitrogen and oxygen atoms in total. The Balaban J connectivity index is 1.80. The first-order chi connectivity index (χ1) is 12.0. The second-order valence-electron chi connectivity index (χ2n) is 5.67. The van der Waals surface area contributed by atoms with Crippen LogP contribution in [0.3, 0.4) is 0 Å². The fourth-order valence-corrected chi connectivity index (χ4v) is 2.63. The number of hydrazone groups is 1. The van der Waals surface area contributed by atoms with E-state index >= 15 is 0 Å². The van der Waals surface area contributed by atoms with E-state index in [0.29, 0.717) is 11.7 Å². The largest absolute Gasteiger partial charge is 0.507 e. The number of nitrogens with one attached hydrogen (secondary N) is 1. The van der Waals surface area contributed by atoms with E-state index in [4.69, 9.17) is 4.74 Å². The number of carbonyl (C=O) groups is 1. The van der Waals surface area contributed by atoms with E-state index in [9.17, 15) is 9.90 Å². The molecule has 1 atom stereocenters. The number of halogens is 1. The van der Waals surface area contributed by atoms with E-state index in [2.05, 4.69) is 24.4 Å². The Morgan fingerprint density at radius 1 is 1.32 bits per heavy atom. The monoisotopic (exact) mass is 452 g/mol. The van der Waals surface area contributed by atoms with Crippen LogP contribution in [0.4, 0.5) is 0 Å². The van der Waals surface area contributed by atoms with E-state index in [1.54, 1.807) is 18.2 Å². The summed E-state index contributed by atoms with van der Waals surface area (Å²) in [6.45, 7) is 4.22. The van der Waals surface area contributed by atoms with Gasteiger partial charge >= 0.3 is 0 Å². The van der Waals surface area contributed by atoms with Crippen molar-refractivity contribution >= 4 is 34.7 Å². The van der Waals surface area contributed by atoms with Gasteiger partial charge in [-0.1, -0.05) is 26.0 Å². The Morgan fingerprint density at radius 3 is 2.68 bits per heavy atom. The molecule has 2 N–H and O–H groups in total. The lowest BCUT2D eigenvalue weighted by Crippen LogP contribution is -2.24. The smallest absolute Gasteiger partial charge is 0.277 e. The van der Waals surface area contributed by atoms with Gasteiger partial charge in [-0.25, -0.2) is 5.43 Å². The van der Waals surface area contributed by atoms with Crippen LogP contribution in [0.5, 0.6) is 11.5 Å². The van der Waals surface area contributed by atoms with Crippen molar-refractivity contribution in [3.05, 3.63) is 57.2 Å². The van der Waals surface area contributed by atoms with Crippen LogP contribution in [0.1, 0.15) is 37.3 Å². The van der Waals surface area contributed by atoms with Crippen LogP contribution < -0.4 is 10.2 Å². The number of aromatic hydroxyl groups is 1. The number of nitrogens with zero attached hydrogens (tertiary/aromatic N) is 1. The van der Waals surface area contributed by atoms with Crippen molar-refractivity contribution in [1.82, 2.24) is 5.43 Å². The maximum Gasteiger partial charge on any atom is 0.277 e. The van der Waals surface area contributed by atoms with E-state index in [1.807, 2.05) is 46.9 Å². The van der Waals surface area contributed by atoms with Crippen molar-refractivity contribution in [2.75, 3.05) is 6.61 Å². The maximum atomic E-state index is 11.8. The summed E-state index contributed by atoms with van der Waals surface area (Å²) >= 11 is 2.02. The molecule has 0 aliphatic carbocycles. The number of rotatable bonds is 7. The number of hydrogen-bond donors (Lipinski definition) is 2. The van der Waals surface area contributed by atoms with Gasteiger partial charge < -0.3 is 9.84 Å². The first-order valence-corrected chi connectivity index (χ1v) is 9.10. The second kappa shape index (κ2) is 9.41. The fraction of sp³-hybridized carbons (Fsp3) is 0.263. The molecule has 0 aromatic heterocycles. The fourth-order valence-electron chi connectivity index (χ4n) is 2.09. The van der Waals surface area contributed by atoms with Crippen molar-refractivity contribution in [3.63, 3.8) is 0 Å². The Morgan fingerprint density at radius 2 is 2.04 bits per heavy atom. The van der Waals surface area contributed by atoms with Gasteiger partial charge in [-0.05, 0) is 76.4 Å². The summed E-state index contributed by atoms with van der Waals surface area (Å²) in [7, 11) is 0. The molecule has 132 valence electrons. The van der Waals surface area contributed by atoms with Crippen molar-refractivity contribution in [2.45, 2.75) is 26.2 Å². The molecule has 0 saturated carbocycles. The van der Waals surface area contributed by atoms with Gasteiger partial charge in [0.15, 0.2) is 6.61 Å². The van der Waals surface area contributed by atoms with E-state index in [-0.39, 0.29) is 18.3 Å². The van der Waals surface area contributed by atoms with Gasteiger partial charge in [0.05, 0.1) is 9.78 Å². The van der Waals surface area contributed by atoms with Gasteiger partial charge in [-0.15, -0.1) is 0 Å². The molecule has 2 aromatic rings. The van der Waals surface area contributed by atoms with Crippen molar-refractivity contribution < 1.29 is 14.6 Å². The van der Waals surface area contributed by atoms with Crippen LogP contribution in [-0.2, 0) is 4.79 Å². The van der Waals surface area contributed by atoms with Gasteiger partial charge in [0.1, 0.15) is 11.5 Å². The molecule has 1 unspecified atom stereocenters. The Hall–Kier alpha value is -2.09. The Labute approximate surface area is 161 Å². The Bertz CT molecular complexity index is 745. The van der Waals surface area contributed by atoms with Gasteiger partial charge in [-0.2, -0.15) is 5.10 Å². The lowest BCUT2D eigenvalue weighted by Gasteiger charge is -2.10. The molecule has 0 bridgehead atoms. The summed E-state index contributed by atoms with van der Waals surface area (Å²) in [6, 6.07) is 12.8. The molecule has 1 amide bonds. The minimum Gasteiger partial charge on any atom is -0.507 e. The minimum atomic E-state index is -0.337. The third-order valence-electron chi connectivity index (χ3n) is 3.81. The highest BCUT2D eigenvalue weighted by Crippen LogP contribution is 2.21. The average molecular weight is 452 g/mol. The normalized spacial score (nSPS) is 12.1. The highest BCUT2D eigenvalue weighted by Gasteiger charge is 2.05. The topological polar surface area (TPSA) is 70.9 Å². The lowest BCUT2D eigenvalue weighted by atomic mass is 9.99. The van der Waals surface area contributed by atoms with E-state index in [0.717, 1.165) is 15.6 Å². The first-order valence-electron chi connectivity index (χ1n) is 8.02. The highest BCUT2D eigenvalue weighted by atomic mass is 127. The van der Waals surface area contributed by atoms with Gasteiger partial charge in [0, 0.05) is 0 Å². The predicted molar refractivity (Wildman–Crippen MR) is 107 cm³/mol. The zero-order valence-electron chi connectivity index (χ0n) is 14.2. The number of benzene rings is 2. The molecular weight excluding hydrogens is 431 g/mol. The number of hydrogen-bond acceptors (Lipinski definition) is 4. The zero-order valence-corrected chi connectivity index (χ0v) is 16.4. The van der Waals surface area contributed by atoms with E-state index < -0.39 is 0 Å². The van der Waals surface area contributed by atoms with Crippen molar-refractivity contribution in [2.24, 2.45) is 5.10 Å². The van der Waals surface area contributed by atoms with Gasteiger partial charge in [-0.3, -0.25) is 4.79 Å². The summed E-state index contributed by atoms with van der Waals surface area (Å²) in [5.74, 6) is 1.04. The quantitative estimate of drug-likeness (QED) is 0.379. The van der Waals surface area contributed by atoms with Crippen LogP contribution in [0.15, 0.2) is 47.6 Å². The summed E-state index contributed by atoms with van der Waals surface area (Å²) in [5, 5.41) is 13.3. The molecule has 6 heteroatoms. The molecule has 0 heterocycles. The number of ether oxygens (including phenoxy) is 1. The molecule has 0 radical (unpaired) electrons. The van der Waals surface area contributed by atoms with Crippen LogP contribution in [0.2, 0.25) is 0 Å². The van der Waals surface area contributed by atoms with Crippen molar-refractivity contribution in [1.29, 1.82) is 0 Å². The van der Waals surface area contributed by atoms with Crippen molar-refractivity contribution in [3.8, 4) is 11.5 Å². The molecule has 25 heavy (non-hydrogen) atoms. The van der Waals surface area contributed by atoms with Crippen LogP contribution in [0, 0.1) is 3.57 Å². The van der Waals surface area contributed by atoms with E-state index in [1.165, 1.54) is 11.8 Å². The van der Waals surface area contributed by atoms with Gasteiger partial charge in [0.2, 0.25) is 0 Å². The lowest BCUT2D eigenvalue weighted by molar-refractivity contribution is -0.123. The molecule has 2 rings (SSSR count). The third-order valence-corrected chi connectivity index (χ3v) is 4.67. The predicted octanol–water partition coefficient (Wildman–Crippen LogP) is 4.04. The van der Waals surface area contributed by atoms with Crippen LogP contribution >= 0.6 is 22.6 Å². The SMILES string of the molecule is CCC(C)c1ccc(OCC(=O)N/N=C/c2ccc(O)c(I)c2)cc1. The zero-order chi connectivity index (χ0) is 18.2. The molecule has 0 fully saturated rings. The van der Waals surface area contributed by atoms with Crippen LogP contribution in [0.25, 0.3) is 0 Å². The average Bonchev–Trinajstić information content (AvgIpc) is 2.62. The molecule has 0 saturated heterocycles. The highest BCUT2D eigenvalue weighted by molar-refractivity contribution is 14.1. The standard InChI is InChI=1S/C19H21IN2O3/c1-3-13(2)15-5-7-16(8-6-15)25-12-19(24)22-21-11-14-4-9-18(23)17(20)10-14/h4-11,13,23H,3,12H2,1-2H3,(H,22,24)/b21-11+. The number of phenolic OH excluding ortho intramolecular Hbond substituents is 1. The minimum absolute atomic E-state index is 0.104. The molecule has 0 aliphatic heterocycles. The molecule has 2 aromatic carbocycles. The first kappa shape index (κ1) is 19.2. The number of carbonyl (C=O) groups excluding carboxylic acids is 1. The van der Waals surface area contributed by atoms with Gasteiger partial charge in [0.25, 0.3) is 5.91 Å². The summed E-state index contributed by atoms with van der Waals surface area (Å²) in [4.78, 5) is 11.8. The molecule has 0 aliphatic rings. The maximum absolute atomic E-state index is 11.8. The third kappa shape index (κ3) is 6.04. The number of phenols is 1. The second-order valence-corrected chi connectivity index (χ2v) is 6.83. The Kier molecular flexibility index (Phi) is 7.24. The summed E-state index contributed by atoms with van der Waals surface area (Å²) < 4.78 is 6.17. The summed E-state index contributed by atoms with van der Waals surface area (Å²) in [5.41, 5.74) is 4.45.